The molecule has 1 aromatic carbocycles. The molecule has 3 heteroatoms. The summed E-state index contributed by atoms with van der Waals surface area (Å²) in [4.78, 5) is 0. The van der Waals surface area contributed by atoms with Crippen molar-refractivity contribution >= 4 is 0 Å². The van der Waals surface area contributed by atoms with E-state index in [0.29, 0.717) is 17.5 Å². The SMILES string of the molecule is CCC(NC(C)c1cc(F)ccc1O)C1CCCCC1. The molecule has 2 unspecified atom stereocenters. The first-order chi connectivity index (χ1) is 9.61. The molecule has 0 aromatic heterocycles. The van der Waals surface area contributed by atoms with E-state index >= 15 is 0 Å². The van der Waals surface area contributed by atoms with Crippen molar-refractivity contribution in [2.24, 2.45) is 5.92 Å². The normalized spacial score (nSPS) is 19.8. The van der Waals surface area contributed by atoms with Gasteiger partial charge in [0.05, 0.1) is 0 Å². The van der Waals surface area contributed by atoms with E-state index in [2.05, 4.69) is 12.2 Å². The van der Waals surface area contributed by atoms with Crippen molar-refractivity contribution in [3.05, 3.63) is 29.6 Å². The van der Waals surface area contributed by atoms with Gasteiger partial charge in [0, 0.05) is 17.6 Å². The van der Waals surface area contributed by atoms with Gasteiger partial charge in [-0.3, -0.25) is 0 Å². The number of aromatic hydroxyl groups is 1. The summed E-state index contributed by atoms with van der Waals surface area (Å²) < 4.78 is 13.3. The Morgan fingerprint density at radius 3 is 2.65 bits per heavy atom. The molecular formula is C17H26FNO. The first-order valence-electron chi connectivity index (χ1n) is 7.86. The molecule has 2 N–H and O–H groups in total. The first kappa shape index (κ1) is 15.3. The molecule has 2 atom stereocenters. The molecule has 20 heavy (non-hydrogen) atoms. The lowest BCUT2D eigenvalue weighted by Crippen LogP contribution is -2.38. The van der Waals surface area contributed by atoms with Crippen LogP contribution in [0.25, 0.3) is 0 Å². The molecule has 0 aliphatic heterocycles. The van der Waals surface area contributed by atoms with Gasteiger partial charge < -0.3 is 10.4 Å². The lowest BCUT2D eigenvalue weighted by atomic mass is 9.82. The van der Waals surface area contributed by atoms with Gasteiger partial charge in [-0.2, -0.15) is 0 Å². The molecule has 1 aliphatic rings. The first-order valence-corrected chi connectivity index (χ1v) is 7.86. The van der Waals surface area contributed by atoms with Gasteiger partial charge in [0.25, 0.3) is 0 Å². The maximum atomic E-state index is 13.3. The van der Waals surface area contributed by atoms with E-state index in [9.17, 15) is 9.50 Å². The highest BCUT2D eigenvalue weighted by Crippen LogP contribution is 2.31. The van der Waals surface area contributed by atoms with E-state index in [1.807, 2.05) is 6.92 Å². The number of phenols is 1. The van der Waals surface area contributed by atoms with E-state index < -0.39 is 0 Å². The Hall–Kier alpha value is -1.09. The van der Waals surface area contributed by atoms with Crippen LogP contribution < -0.4 is 5.32 Å². The van der Waals surface area contributed by atoms with Gasteiger partial charge in [-0.25, -0.2) is 4.39 Å². The zero-order valence-electron chi connectivity index (χ0n) is 12.5. The third kappa shape index (κ3) is 3.72. The van der Waals surface area contributed by atoms with Crippen LogP contribution in [0.2, 0.25) is 0 Å². The molecule has 2 nitrogen and oxygen atoms in total. The number of halogens is 1. The summed E-state index contributed by atoms with van der Waals surface area (Å²) in [5.74, 6) is 0.592. The van der Waals surface area contributed by atoms with Gasteiger partial charge in [-0.05, 0) is 50.3 Å². The monoisotopic (exact) mass is 279 g/mol. The molecule has 1 aliphatic carbocycles. The standard InChI is InChI=1S/C17H26FNO/c1-3-16(13-7-5-4-6-8-13)19-12(2)15-11-14(18)9-10-17(15)20/h9-13,16,19-20H,3-8H2,1-2H3. The summed E-state index contributed by atoms with van der Waals surface area (Å²) in [5, 5.41) is 13.5. The second-order valence-electron chi connectivity index (χ2n) is 6.00. The second-order valence-corrected chi connectivity index (χ2v) is 6.00. The van der Waals surface area contributed by atoms with Gasteiger partial charge in [0.15, 0.2) is 0 Å². The van der Waals surface area contributed by atoms with Crippen LogP contribution in [-0.2, 0) is 0 Å². The van der Waals surface area contributed by atoms with Crippen LogP contribution >= 0.6 is 0 Å². The summed E-state index contributed by atoms with van der Waals surface area (Å²) in [6, 6.07) is 4.58. The van der Waals surface area contributed by atoms with Crippen molar-refractivity contribution in [2.75, 3.05) is 0 Å². The molecule has 0 spiro atoms. The minimum absolute atomic E-state index is 0.0300. The van der Waals surface area contributed by atoms with Gasteiger partial charge in [-0.1, -0.05) is 26.2 Å². The van der Waals surface area contributed by atoms with Crippen molar-refractivity contribution < 1.29 is 9.50 Å². The Balaban J connectivity index is 2.04. The van der Waals surface area contributed by atoms with Crippen molar-refractivity contribution in [2.45, 2.75) is 64.5 Å². The fourth-order valence-electron chi connectivity index (χ4n) is 3.41. The van der Waals surface area contributed by atoms with Crippen LogP contribution in [-0.4, -0.2) is 11.1 Å². The number of hydrogen-bond acceptors (Lipinski definition) is 2. The molecule has 0 bridgehead atoms. The summed E-state index contributed by atoms with van der Waals surface area (Å²) in [6.07, 6.45) is 7.64. The van der Waals surface area contributed by atoms with Crippen molar-refractivity contribution in [1.82, 2.24) is 5.32 Å². The third-order valence-electron chi connectivity index (χ3n) is 4.58. The van der Waals surface area contributed by atoms with E-state index in [0.717, 1.165) is 6.42 Å². The summed E-state index contributed by atoms with van der Waals surface area (Å²) in [7, 11) is 0. The molecule has 1 saturated carbocycles. The van der Waals surface area contributed by atoms with Crippen LogP contribution in [0, 0.1) is 11.7 Å². The fraction of sp³-hybridized carbons (Fsp3) is 0.647. The molecule has 112 valence electrons. The zero-order valence-corrected chi connectivity index (χ0v) is 12.5. The number of rotatable bonds is 5. The minimum Gasteiger partial charge on any atom is -0.508 e. The van der Waals surface area contributed by atoms with Crippen LogP contribution in [0.5, 0.6) is 5.75 Å². The van der Waals surface area contributed by atoms with E-state index in [-0.39, 0.29) is 17.6 Å². The van der Waals surface area contributed by atoms with Crippen LogP contribution in [0.15, 0.2) is 18.2 Å². The Bertz CT molecular complexity index is 429. The van der Waals surface area contributed by atoms with Gasteiger partial charge in [0.2, 0.25) is 0 Å². The summed E-state index contributed by atoms with van der Waals surface area (Å²) in [6.45, 7) is 4.20. The van der Waals surface area contributed by atoms with Gasteiger partial charge in [-0.15, -0.1) is 0 Å². The Labute approximate surface area is 121 Å². The Kier molecular flexibility index (Phi) is 5.41. The quantitative estimate of drug-likeness (QED) is 0.829. The maximum Gasteiger partial charge on any atom is 0.123 e. The highest BCUT2D eigenvalue weighted by Gasteiger charge is 2.24. The highest BCUT2D eigenvalue weighted by atomic mass is 19.1. The van der Waals surface area contributed by atoms with Crippen LogP contribution in [0.4, 0.5) is 4.39 Å². The average Bonchev–Trinajstić information content (AvgIpc) is 2.48. The fourth-order valence-corrected chi connectivity index (χ4v) is 3.41. The molecule has 0 radical (unpaired) electrons. The van der Waals surface area contributed by atoms with Crippen molar-refractivity contribution in [3.63, 3.8) is 0 Å². The highest BCUT2D eigenvalue weighted by molar-refractivity contribution is 5.34. The largest absolute Gasteiger partial charge is 0.508 e. The average molecular weight is 279 g/mol. The van der Waals surface area contributed by atoms with E-state index in [4.69, 9.17) is 0 Å². The topological polar surface area (TPSA) is 32.3 Å². The van der Waals surface area contributed by atoms with E-state index in [1.54, 1.807) is 0 Å². The van der Waals surface area contributed by atoms with Crippen molar-refractivity contribution in [3.8, 4) is 5.75 Å². The van der Waals surface area contributed by atoms with Gasteiger partial charge >= 0.3 is 0 Å². The van der Waals surface area contributed by atoms with Gasteiger partial charge in [0.1, 0.15) is 11.6 Å². The predicted octanol–water partition coefficient (Wildman–Crippen LogP) is 4.54. The number of hydrogen-bond donors (Lipinski definition) is 2. The van der Waals surface area contributed by atoms with Crippen LogP contribution in [0.1, 0.15) is 64.0 Å². The van der Waals surface area contributed by atoms with E-state index in [1.165, 1.54) is 50.3 Å². The second kappa shape index (κ2) is 7.07. The molecule has 0 heterocycles. The minimum atomic E-state index is -0.294. The third-order valence-corrected chi connectivity index (χ3v) is 4.58. The lowest BCUT2D eigenvalue weighted by molar-refractivity contribution is 0.248. The lowest BCUT2D eigenvalue weighted by Gasteiger charge is -2.33. The maximum absolute atomic E-state index is 13.3. The zero-order chi connectivity index (χ0) is 14.5. The predicted molar refractivity (Wildman–Crippen MR) is 80.3 cm³/mol. The molecule has 2 rings (SSSR count). The number of nitrogens with one attached hydrogen (secondary N) is 1. The van der Waals surface area contributed by atoms with Crippen molar-refractivity contribution in [1.29, 1.82) is 0 Å². The summed E-state index contributed by atoms with van der Waals surface area (Å²) >= 11 is 0. The smallest absolute Gasteiger partial charge is 0.123 e. The molecule has 1 aromatic rings. The Morgan fingerprint density at radius 2 is 2.00 bits per heavy atom. The molecule has 1 fully saturated rings. The number of benzene rings is 1. The number of phenolic OH excluding ortho intramolecular Hbond substituents is 1. The molecule has 0 saturated heterocycles. The summed E-state index contributed by atoms with van der Waals surface area (Å²) in [5.41, 5.74) is 0.652. The van der Waals surface area contributed by atoms with Crippen LogP contribution in [0.3, 0.4) is 0 Å². The molecule has 0 amide bonds. The molecular weight excluding hydrogens is 253 g/mol. The Morgan fingerprint density at radius 1 is 1.30 bits per heavy atom.